The van der Waals surface area contributed by atoms with E-state index in [1.165, 1.54) is 43.5 Å². The van der Waals surface area contributed by atoms with Crippen LogP contribution in [0.5, 0.6) is 11.5 Å². The molecule has 3 N–H and O–H groups in total. The van der Waals surface area contributed by atoms with E-state index in [0.717, 1.165) is 5.56 Å². The lowest BCUT2D eigenvalue weighted by Gasteiger charge is -2.15. The zero-order valence-corrected chi connectivity index (χ0v) is 21.2. The van der Waals surface area contributed by atoms with Crippen LogP contribution in [0.1, 0.15) is 28.0 Å². The molecular weight excluding hydrogens is 525 g/mol. The summed E-state index contributed by atoms with van der Waals surface area (Å²) in [5, 5.41) is 22.5. The van der Waals surface area contributed by atoms with Crippen molar-refractivity contribution in [2.45, 2.75) is 25.4 Å². The van der Waals surface area contributed by atoms with Crippen LogP contribution >= 0.6 is 11.6 Å². The van der Waals surface area contributed by atoms with Crippen LogP contribution in [0.3, 0.4) is 0 Å². The van der Waals surface area contributed by atoms with Crippen LogP contribution in [-0.2, 0) is 0 Å². The molecule has 2 aromatic carbocycles. The van der Waals surface area contributed by atoms with Gasteiger partial charge in [0.2, 0.25) is 0 Å². The second-order valence-electron chi connectivity index (χ2n) is 8.69. The van der Waals surface area contributed by atoms with E-state index in [9.17, 15) is 28.2 Å². The van der Waals surface area contributed by atoms with Gasteiger partial charge in [-0.2, -0.15) is 0 Å². The minimum atomic E-state index is -2.88. The summed E-state index contributed by atoms with van der Waals surface area (Å²) in [6, 6.07) is 11.6. The Bertz CT molecular complexity index is 1410. The second-order valence-corrected chi connectivity index (χ2v) is 9.10. The van der Waals surface area contributed by atoms with Gasteiger partial charge in [-0.1, -0.05) is 17.7 Å². The minimum absolute atomic E-state index is 0.0759. The number of halogens is 4. The van der Waals surface area contributed by atoms with Crippen molar-refractivity contribution in [2.24, 2.45) is 0 Å². The van der Waals surface area contributed by atoms with Crippen molar-refractivity contribution in [1.29, 1.82) is 0 Å². The van der Waals surface area contributed by atoms with Crippen molar-refractivity contribution in [1.82, 2.24) is 10.3 Å². The van der Waals surface area contributed by atoms with Gasteiger partial charge in [0, 0.05) is 23.2 Å². The van der Waals surface area contributed by atoms with E-state index >= 15 is 0 Å². The molecule has 1 amide bonds. The van der Waals surface area contributed by atoms with Gasteiger partial charge in [-0.15, -0.1) is 0 Å². The number of methoxy groups -OCH3 is 1. The van der Waals surface area contributed by atoms with Crippen LogP contribution in [0.2, 0.25) is 5.02 Å². The molecule has 7 nitrogen and oxygen atoms in total. The number of ether oxygens (including phenoxy) is 2. The number of nitrogens with one attached hydrogen (secondary N) is 1. The maximum atomic E-state index is 13.6. The lowest BCUT2D eigenvalue weighted by atomic mass is 10.0. The van der Waals surface area contributed by atoms with E-state index in [1.807, 2.05) is 0 Å². The Morgan fingerprint density at radius 2 is 1.92 bits per heavy atom. The number of nitrogens with zero attached hydrogens (tertiary/aromatic N) is 1. The van der Waals surface area contributed by atoms with E-state index in [0.29, 0.717) is 11.3 Å². The molecule has 38 heavy (non-hydrogen) atoms. The number of hydrogen-bond acceptors (Lipinski definition) is 6. The fourth-order valence-corrected chi connectivity index (χ4v) is 3.90. The highest BCUT2D eigenvalue weighted by atomic mass is 35.5. The van der Waals surface area contributed by atoms with Gasteiger partial charge in [0.25, 0.3) is 11.8 Å². The molecule has 0 bridgehead atoms. The summed E-state index contributed by atoms with van der Waals surface area (Å²) in [5.41, 5.74) is 2.34. The molecule has 3 aromatic rings. The molecule has 0 saturated heterocycles. The number of alkyl halides is 2. The van der Waals surface area contributed by atoms with E-state index in [2.05, 4.69) is 10.3 Å². The van der Waals surface area contributed by atoms with E-state index in [-0.39, 0.29) is 46.3 Å². The Kier molecular flexibility index (Phi) is 7.84. The van der Waals surface area contributed by atoms with Crippen LogP contribution in [0.4, 0.5) is 13.2 Å². The number of benzene rings is 2. The summed E-state index contributed by atoms with van der Waals surface area (Å²) in [5.74, 6) is -4.24. The molecule has 1 aromatic heterocycles. The first-order chi connectivity index (χ1) is 18.0. The summed E-state index contributed by atoms with van der Waals surface area (Å²) < 4.78 is 50.5. The van der Waals surface area contributed by atoms with Crippen molar-refractivity contribution in [3.8, 4) is 22.8 Å². The Morgan fingerprint density at radius 3 is 2.55 bits per heavy atom. The molecule has 11 heteroatoms. The topological polar surface area (TPSA) is 101 Å². The van der Waals surface area contributed by atoms with Gasteiger partial charge in [-0.05, 0) is 55.0 Å². The maximum Gasteiger partial charge on any atom is 0.288 e. The summed E-state index contributed by atoms with van der Waals surface area (Å²) in [4.78, 5) is 17.4. The van der Waals surface area contributed by atoms with Gasteiger partial charge in [0.15, 0.2) is 17.6 Å². The van der Waals surface area contributed by atoms with E-state index < -0.39 is 36.1 Å². The van der Waals surface area contributed by atoms with Crippen LogP contribution in [0.15, 0.2) is 54.3 Å². The highest BCUT2D eigenvalue weighted by Gasteiger charge is 2.60. The fraction of sp³-hybridized carbons (Fsp3) is 0.259. The van der Waals surface area contributed by atoms with Crippen LogP contribution < -0.4 is 14.8 Å². The SMILES string of the molecule is COc1cc(C(=O)NC/C(=C(\O)CO)c2ccc(C)c(-c3ccc(F)c(Cl)c3)n2)ccc1OC1CC1(F)F. The first-order valence-electron chi connectivity index (χ1n) is 11.5. The molecule has 0 spiro atoms. The van der Waals surface area contributed by atoms with Crippen molar-refractivity contribution in [2.75, 3.05) is 20.3 Å². The number of aliphatic hydroxyl groups is 2. The molecule has 0 aliphatic heterocycles. The predicted molar refractivity (Wildman–Crippen MR) is 135 cm³/mol. The third-order valence-electron chi connectivity index (χ3n) is 5.99. The zero-order chi connectivity index (χ0) is 27.6. The zero-order valence-electron chi connectivity index (χ0n) is 20.4. The molecule has 1 fully saturated rings. The number of amides is 1. The van der Waals surface area contributed by atoms with Crippen LogP contribution in [0.25, 0.3) is 16.8 Å². The normalized spacial score (nSPS) is 16.4. The summed E-state index contributed by atoms with van der Waals surface area (Å²) in [6.45, 7) is 0.884. The number of rotatable bonds is 9. The predicted octanol–water partition coefficient (Wildman–Crippen LogP) is 5.34. The lowest BCUT2D eigenvalue weighted by Crippen LogP contribution is -2.26. The Labute approximate surface area is 221 Å². The van der Waals surface area contributed by atoms with Gasteiger partial charge in [0.1, 0.15) is 18.2 Å². The number of carbonyl (C=O) groups is 1. The summed E-state index contributed by atoms with van der Waals surface area (Å²) >= 11 is 5.92. The van der Waals surface area contributed by atoms with Gasteiger partial charge >= 0.3 is 0 Å². The maximum absolute atomic E-state index is 13.6. The van der Waals surface area contributed by atoms with E-state index in [1.54, 1.807) is 19.1 Å². The molecule has 1 saturated carbocycles. The first-order valence-corrected chi connectivity index (χ1v) is 11.9. The van der Waals surface area contributed by atoms with Crippen molar-refractivity contribution < 1.29 is 37.7 Å². The third-order valence-corrected chi connectivity index (χ3v) is 6.28. The Hall–Kier alpha value is -3.76. The highest BCUT2D eigenvalue weighted by Crippen LogP contribution is 2.46. The van der Waals surface area contributed by atoms with Crippen LogP contribution in [-0.4, -0.2) is 53.4 Å². The molecular formula is C27H24ClF3N2O5. The average molecular weight is 549 g/mol. The summed E-state index contributed by atoms with van der Waals surface area (Å²) in [7, 11) is 1.32. The van der Waals surface area contributed by atoms with Crippen molar-refractivity contribution in [3.05, 3.63) is 82.0 Å². The van der Waals surface area contributed by atoms with E-state index in [4.69, 9.17) is 21.1 Å². The average Bonchev–Trinajstić information content (AvgIpc) is 3.51. The minimum Gasteiger partial charge on any atom is -0.509 e. The molecule has 4 rings (SSSR count). The number of carbonyl (C=O) groups excluding carboxylic acids is 1. The number of pyridine rings is 1. The monoisotopic (exact) mass is 548 g/mol. The van der Waals surface area contributed by atoms with Gasteiger partial charge in [0.05, 0.1) is 29.9 Å². The fourth-order valence-electron chi connectivity index (χ4n) is 3.71. The van der Waals surface area contributed by atoms with Crippen molar-refractivity contribution in [3.63, 3.8) is 0 Å². The summed E-state index contributed by atoms with van der Waals surface area (Å²) in [6.07, 6.45) is -1.62. The molecule has 1 aliphatic rings. The standard InChI is InChI=1S/C27H24ClF3N2O5/c1-14-3-7-20(33-25(14)15-4-6-19(29)18(28)9-15)17(21(35)13-34)12-32-26(36)16-5-8-22(23(10-16)37-2)38-24-11-27(24,30)31/h3-10,24,34-35H,11-13H2,1-2H3,(H,32,36)/b21-17+. The van der Waals surface area contributed by atoms with Crippen molar-refractivity contribution >= 4 is 23.1 Å². The number of hydrogen-bond donors (Lipinski definition) is 3. The number of aromatic nitrogens is 1. The largest absolute Gasteiger partial charge is 0.509 e. The van der Waals surface area contributed by atoms with Gasteiger partial charge < -0.3 is 25.0 Å². The lowest BCUT2D eigenvalue weighted by molar-refractivity contribution is 0.0655. The Morgan fingerprint density at radius 1 is 1.18 bits per heavy atom. The van der Waals surface area contributed by atoms with Gasteiger partial charge in [-0.3, -0.25) is 4.79 Å². The first kappa shape index (κ1) is 27.3. The molecule has 1 atom stereocenters. The number of aliphatic hydroxyl groups excluding tert-OH is 2. The second kappa shape index (κ2) is 10.9. The van der Waals surface area contributed by atoms with Gasteiger partial charge in [-0.25, -0.2) is 18.2 Å². The molecule has 200 valence electrons. The van der Waals surface area contributed by atoms with Crippen LogP contribution in [0, 0.1) is 12.7 Å². The molecule has 1 heterocycles. The smallest absolute Gasteiger partial charge is 0.288 e. The quantitative estimate of drug-likeness (QED) is 0.312. The number of aryl methyl sites for hydroxylation is 1. The molecule has 0 radical (unpaired) electrons. The molecule has 1 aliphatic carbocycles. The molecule has 1 unspecified atom stereocenters. The third kappa shape index (κ3) is 5.87. The highest BCUT2D eigenvalue weighted by molar-refractivity contribution is 6.31. The Balaban J connectivity index is 1.55.